The molecule has 256 valence electrons. The second-order valence-electron chi connectivity index (χ2n) is 16.1. The van der Waals surface area contributed by atoms with Gasteiger partial charge in [-0.3, -0.25) is 4.79 Å². The van der Waals surface area contributed by atoms with Crippen molar-refractivity contribution >= 4 is 23.6 Å². The molecule has 3 aromatic carbocycles. The van der Waals surface area contributed by atoms with Gasteiger partial charge in [0.15, 0.2) is 0 Å². The van der Waals surface area contributed by atoms with Crippen LogP contribution in [0.15, 0.2) is 72.8 Å². The van der Waals surface area contributed by atoms with Crippen molar-refractivity contribution in [2.24, 2.45) is 0 Å². The molecule has 2 unspecified atom stereocenters. The maximum atomic E-state index is 14.3. The van der Waals surface area contributed by atoms with Crippen molar-refractivity contribution in [1.29, 1.82) is 0 Å². The summed E-state index contributed by atoms with van der Waals surface area (Å²) in [5, 5.41) is 0. The zero-order chi connectivity index (χ0) is 35.0. The number of anilines is 1. The number of esters is 1. The SMILES string of the molecule is CN(CCCN(C)C1CC1c1ccccc1)C(=O)N(C(=O)c1ccc(C(=O)OC(C)(C)C)cc1)c1ccc2c(c1)C(C)(C)CCC2(C)C. The topological polar surface area (TPSA) is 70.2 Å². The van der Waals surface area contributed by atoms with Crippen LogP contribution >= 0.6 is 0 Å². The molecule has 2 atom stereocenters. The summed E-state index contributed by atoms with van der Waals surface area (Å²) >= 11 is 0. The smallest absolute Gasteiger partial charge is 0.338 e. The molecule has 2 aliphatic carbocycles. The van der Waals surface area contributed by atoms with Crippen LogP contribution < -0.4 is 4.90 Å². The standard InChI is InChI=1S/C41H53N3O4/c1-39(2,3)48-37(46)30-18-16-29(17-19-30)36(45)44(31-20-21-33-34(26-31)41(6,7)23-22-40(33,4)5)38(47)43(9)25-13-24-42(8)35-27-32(35)28-14-11-10-12-15-28/h10-12,14-21,26,32,35H,13,22-25,27H2,1-9H3. The third-order valence-corrected chi connectivity index (χ3v) is 10.1. The average Bonchev–Trinajstić information content (AvgIpc) is 3.84. The first-order valence-corrected chi connectivity index (χ1v) is 17.3. The number of ether oxygens (including phenoxy) is 1. The minimum Gasteiger partial charge on any atom is -0.456 e. The molecule has 7 nitrogen and oxygen atoms in total. The fourth-order valence-electron chi connectivity index (χ4n) is 6.96. The van der Waals surface area contributed by atoms with Crippen LogP contribution in [0, 0.1) is 0 Å². The molecule has 0 saturated heterocycles. The van der Waals surface area contributed by atoms with Crippen LogP contribution in [0.1, 0.15) is 117 Å². The lowest BCUT2D eigenvalue weighted by molar-refractivity contribution is 0.00692. The first kappa shape index (κ1) is 35.3. The second kappa shape index (κ2) is 13.5. The molecular weight excluding hydrogens is 598 g/mol. The van der Waals surface area contributed by atoms with Gasteiger partial charge in [0.1, 0.15) is 5.60 Å². The Morgan fingerprint density at radius 1 is 0.792 bits per heavy atom. The van der Waals surface area contributed by atoms with Crippen molar-refractivity contribution in [3.63, 3.8) is 0 Å². The number of benzene rings is 3. The van der Waals surface area contributed by atoms with Crippen molar-refractivity contribution in [2.45, 2.75) is 103 Å². The number of fused-ring (bicyclic) bond motifs is 1. The number of hydrogen-bond donors (Lipinski definition) is 0. The van der Waals surface area contributed by atoms with E-state index in [-0.39, 0.29) is 16.9 Å². The fourth-order valence-corrected chi connectivity index (χ4v) is 6.96. The van der Waals surface area contributed by atoms with Gasteiger partial charge in [0.2, 0.25) is 0 Å². The zero-order valence-corrected chi connectivity index (χ0v) is 30.3. The molecule has 2 aliphatic rings. The van der Waals surface area contributed by atoms with E-state index in [2.05, 4.69) is 76.0 Å². The van der Waals surface area contributed by atoms with E-state index in [0.29, 0.717) is 35.3 Å². The molecule has 48 heavy (non-hydrogen) atoms. The number of carbonyl (C=O) groups excluding carboxylic acids is 3. The first-order chi connectivity index (χ1) is 22.5. The Morgan fingerprint density at radius 3 is 2.02 bits per heavy atom. The molecule has 1 saturated carbocycles. The van der Waals surface area contributed by atoms with Crippen molar-refractivity contribution in [3.8, 4) is 0 Å². The van der Waals surface area contributed by atoms with Crippen LogP contribution in [-0.4, -0.2) is 66.5 Å². The number of carbonyl (C=O) groups is 3. The minimum atomic E-state index is -0.634. The number of hydrogen-bond acceptors (Lipinski definition) is 5. The van der Waals surface area contributed by atoms with Crippen LogP contribution in [-0.2, 0) is 15.6 Å². The molecule has 0 aromatic heterocycles. The Morgan fingerprint density at radius 2 is 1.40 bits per heavy atom. The van der Waals surface area contributed by atoms with E-state index in [1.807, 2.05) is 32.9 Å². The molecule has 3 aromatic rings. The Balaban J connectivity index is 1.36. The van der Waals surface area contributed by atoms with E-state index in [4.69, 9.17) is 4.74 Å². The van der Waals surface area contributed by atoms with Gasteiger partial charge in [-0.1, -0.05) is 64.1 Å². The van der Waals surface area contributed by atoms with E-state index in [9.17, 15) is 14.4 Å². The molecule has 5 rings (SSSR count). The number of imide groups is 1. The maximum absolute atomic E-state index is 14.3. The third kappa shape index (κ3) is 7.84. The molecule has 0 radical (unpaired) electrons. The summed E-state index contributed by atoms with van der Waals surface area (Å²) in [5.41, 5.74) is 4.31. The summed E-state index contributed by atoms with van der Waals surface area (Å²) in [6.45, 7) is 15.8. The first-order valence-electron chi connectivity index (χ1n) is 17.3. The predicted octanol–water partition coefficient (Wildman–Crippen LogP) is 8.57. The largest absolute Gasteiger partial charge is 0.456 e. The molecule has 0 spiro atoms. The van der Waals surface area contributed by atoms with Gasteiger partial charge >= 0.3 is 12.0 Å². The van der Waals surface area contributed by atoms with Crippen molar-refractivity contribution in [3.05, 3.63) is 101 Å². The van der Waals surface area contributed by atoms with Gasteiger partial charge < -0.3 is 14.5 Å². The third-order valence-electron chi connectivity index (χ3n) is 10.1. The molecule has 0 heterocycles. The lowest BCUT2D eigenvalue weighted by Crippen LogP contribution is -2.46. The summed E-state index contributed by atoms with van der Waals surface area (Å²) in [5.74, 6) is -0.334. The highest BCUT2D eigenvalue weighted by atomic mass is 16.6. The molecular formula is C41H53N3O4. The van der Waals surface area contributed by atoms with Crippen molar-refractivity contribution < 1.29 is 19.1 Å². The van der Waals surface area contributed by atoms with Crippen LogP contribution in [0.3, 0.4) is 0 Å². The number of amides is 3. The van der Waals surface area contributed by atoms with Gasteiger partial charge in [-0.25, -0.2) is 14.5 Å². The van der Waals surface area contributed by atoms with Gasteiger partial charge in [0, 0.05) is 31.1 Å². The average molecular weight is 652 g/mol. The van der Waals surface area contributed by atoms with Gasteiger partial charge in [0.05, 0.1) is 11.3 Å². The molecule has 0 bridgehead atoms. The van der Waals surface area contributed by atoms with Crippen LogP contribution in [0.4, 0.5) is 10.5 Å². The summed E-state index contributed by atoms with van der Waals surface area (Å²) in [6.07, 6.45) is 4.02. The summed E-state index contributed by atoms with van der Waals surface area (Å²) in [7, 11) is 3.92. The number of urea groups is 1. The van der Waals surface area contributed by atoms with Gasteiger partial charge in [-0.05, 0) is 124 Å². The van der Waals surface area contributed by atoms with E-state index in [0.717, 1.165) is 32.2 Å². The maximum Gasteiger partial charge on any atom is 0.338 e. The number of nitrogens with zero attached hydrogens (tertiary/aromatic N) is 3. The highest BCUT2D eigenvalue weighted by Gasteiger charge is 2.41. The second-order valence-corrected chi connectivity index (χ2v) is 16.1. The van der Waals surface area contributed by atoms with Crippen molar-refractivity contribution in [1.82, 2.24) is 9.80 Å². The molecule has 1 fully saturated rings. The molecule has 0 N–H and O–H groups in total. The monoisotopic (exact) mass is 651 g/mol. The van der Waals surface area contributed by atoms with Gasteiger partial charge in [0.25, 0.3) is 5.91 Å². The lowest BCUT2D eigenvalue weighted by atomic mass is 9.63. The minimum absolute atomic E-state index is 0.00359. The fraction of sp³-hybridized carbons (Fsp3) is 0.488. The normalized spacial score (nSPS) is 19.3. The van der Waals surface area contributed by atoms with Gasteiger partial charge in [-0.15, -0.1) is 0 Å². The number of rotatable bonds is 9. The number of likely N-dealkylation sites (N-methyl/N-ethyl adjacent to an activating group) is 1. The predicted molar refractivity (Wildman–Crippen MR) is 193 cm³/mol. The molecule has 3 amide bonds. The van der Waals surface area contributed by atoms with E-state index >= 15 is 0 Å². The van der Waals surface area contributed by atoms with E-state index < -0.39 is 17.5 Å². The van der Waals surface area contributed by atoms with Gasteiger partial charge in [-0.2, -0.15) is 0 Å². The molecule has 7 heteroatoms. The van der Waals surface area contributed by atoms with Crippen LogP contribution in [0.2, 0.25) is 0 Å². The zero-order valence-electron chi connectivity index (χ0n) is 30.3. The lowest BCUT2D eigenvalue weighted by Gasteiger charge is -2.42. The Labute approximate surface area is 287 Å². The van der Waals surface area contributed by atoms with E-state index in [1.165, 1.54) is 21.6 Å². The summed E-state index contributed by atoms with van der Waals surface area (Å²) in [6, 6.07) is 23.2. The van der Waals surface area contributed by atoms with Crippen LogP contribution in [0.5, 0.6) is 0 Å². The van der Waals surface area contributed by atoms with E-state index in [1.54, 1.807) is 36.2 Å². The van der Waals surface area contributed by atoms with Crippen LogP contribution in [0.25, 0.3) is 0 Å². The Bertz CT molecular complexity index is 1640. The summed E-state index contributed by atoms with van der Waals surface area (Å²) in [4.78, 5) is 46.5. The summed E-state index contributed by atoms with van der Waals surface area (Å²) < 4.78 is 5.50. The Hall–Kier alpha value is -3.97. The molecule has 0 aliphatic heterocycles. The highest BCUT2D eigenvalue weighted by Crippen LogP contribution is 2.47. The Kier molecular flexibility index (Phi) is 9.94. The highest BCUT2D eigenvalue weighted by molar-refractivity contribution is 6.20. The quantitative estimate of drug-likeness (QED) is 0.217. The van der Waals surface area contributed by atoms with Crippen molar-refractivity contribution in [2.75, 3.05) is 32.1 Å².